The second-order valence-corrected chi connectivity index (χ2v) is 14.8. The third kappa shape index (κ3) is 4.00. The van der Waals surface area contributed by atoms with Gasteiger partial charge in [0.1, 0.15) is 10.8 Å². The molecular weight excluding hydrogens is 394 g/mol. The van der Waals surface area contributed by atoms with Crippen molar-refractivity contribution in [3.8, 4) is 5.75 Å². The molecule has 2 aromatic carbocycles. The fraction of sp³-hybridized carbons (Fsp3) is 0.304. The Morgan fingerprint density at radius 2 is 1.86 bits per heavy atom. The van der Waals surface area contributed by atoms with Crippen molar-refractivity contribution in [3.63, 3.8) is 0 Å². The summed E-state index contributed by atoms with van der Waals surface area (Å²) in [6.45, 7) is 11.3. The van der Waals surface area contributed by atoms with E-state index in [1.54, 1.807) is 11.3 Å². The van der Waals surface area contributed by atoms with Crippen LogP contribution in [0.3, 0.4) is 0 Å². The molecule has 29 heavy (non-hydrogen) atoms. The van der Waals surface area contributed by atoms with Crippen LogP contribution in [-0.2, 0) is 7.05 Å². The first-order valence-electron chi connectivity index (χ1n) is 9.82. The van der Waals surface area contributed by atoms with Gasteiger partial charge in [-0.05, 0) is 60.1 Å². The highest BCUT2D eigenvalue weighted by Gasteiger charge is 2.39. The van der Waals surface area contributed by atoms with E-state index in [0.29, 0.717) is 0 Å². The second-order valence-electron chi connectivity index (χ2n) is 8.96. The minimum Gasteiger partial charge on any atom is -0.543 e. The van der Waals surface area contributed by atoms with Gasteiger partial charge in [-0.2, -0.15) is 5.10 Å². The van der Waals surface area contributed by atoms with E-state index in [4.69, 9.17) is 9.41 Å². The number of hydrogen-bond donors (Lipinski definition) is 0. The summed E-state index contributed by atoms with van der Waals surface area (Å²) in [5, 5.41) is 6.63. The standard InChI is InChI=1S/C23H27N3OSSi/c1-23(2,3)29(5,6)27-18-9-10-19-21(14-18)28-22(25-19)12-8-16-7-11-20-17(13-16)15-24-26(20)4/h7-15H,1-6H3/b12-8+. The summed E-state index contributed by atoms with van der Waals surface area (Å²) < 4.78 is 9.49. The largest absolute Gasteiger partial charge is 0.543 e. The van der Waals surface area contributed by atoms with Crippen LogP contribution in [-0.4, -0.2) is 23.1 Å². The first kappa shape index (κ1) is 19.9. The van der Waals surface area contributed by atoms with Crippen LogP contribution in [0, 0.1) is 0 Å². The van der Waals surface area contributed by atoms with E-state index in [2.05, 4.69) is 81.4 Å². The van der Waals surface area contributed by atoms with Crippen molar-refractivity contribution < 1.29 is 4.43 Å². The summed E-state index contributed by atoms with van der Waals surface area (Å²) in [6, 6.07) is 12.6. The Bertz CT molecular complexity index is 1210. The first-order valence-corrected chi connectivity index (χ1v) is 13.5. The lowest BCUT2D eigenvalue weighted by atomic mass is 10.1. The summed E-state index contributed by atoms with van der Waals surface area (Å²) in [4.78, 5) is 4.75. The molecule has 0 aliphatic rings. The van der Waals surface area contributed by atoms with Gasteiger partial charge in [0.2, 0.25) is 8.32 Å². The van der Waals surface area contributed by atoms with Crippen LogP contribution in [0.1, 0.15) is 31.3 Å². The summed E-state index contributed by atoms with van der Waals surface area (Å²) in [7, 11) is 0.117. The highest BCUT2D eigenvalue weighted by molar-refractivity contribution is 7.19. The Morgan fingerprint density at radius 3 is 2.62 bits per heavy atom. The second kappa shape index (κ2) is 7.11. The summed E-state index contributed by atoms with van der Waals surface area (Å²) in [6.07, 6.45) is 6.09. The number of hydrogen-bond acceptors (Lipinski definition) is 4. The van der Waals surface area contributed by atoms with Gasteiger partial charge in [-0.25, -0.2) is 4.98 Å². The molecule has 0 unspecified atom stereocenters. The average Bonchev–Trinajstić information content (AvgIpc) is 3.21. The maximum Gasteiger partial charge on any atom is 0.250 e. The van der Waals surface area contributed by atoms with E-state index in [-0.39, 0.29) is 5.04 Å². The molecule has 4 rings (SSSR count). The summed E-state index contributed by atoms with van der Waals surface area (Å²) in [5.41, 5.74) is 3.29. The zero-order chi connectivity index (χ0) is 20.8. The molecule has 0 aliphatic heterocycles. The van der Waals surface area contributed by atoms with Gasteiger partial charge in [-0.1, -0.05) is 32.9 Å². The van der Waals surface area contributed by atoms with E-state index in [9.17, 15) is 0 Å². The maximum atomic E-state index is 6.45. The van der Waals surface area contributed by atoms with Gasteiger partial charge in [0.05, 0.1) is 21.9 Å². The van der Waals surface area contributed by atoms with Gasteiger partial charge in [-0.3, -0.25) is 4.68 Å². The van der Waals surface area contributed by atoms with Crippen molar-refractivity contribution in [2.75, 3.05) is 0 Å². The van der Waals surface area contributed by atoms with Gasteiger partial charge in [-0.15, -0.1) is 11.3 Å². The molecule has 0 radical (unpaired) electrons. The van der Waals surface area contributed by atoms with Crippen LogP contribution in [0.5, 0.6) is 5.75 Å². The number of aryl methyl sites for hydroxylation is 1. The van der Waals surface area contributed by atoms with Crippen LogP contribution >= 0.6 is 11.3 Å². The Balaban J connectivity index is 1.57. The number of fused-ring (bicyclic) bond motifs is 2. The quantitative estimate of drug-likeness (QED) is 0.343. The van der Waals surface area contributed by atoms with Crippen LogP contribution in [0.15, 0.2) is 42.6 Å². The van der Waals surface area contributed by atoms with Crippen LogP contribution in [0.2, 0.25) is 18.1 Å². The summed E-state index contributed by atoms with van der Waals surface area (Å²) in [5.74, 6) is 0.949. The molecule has 6 heteroatoms. The molecule has 0 atom stereocenters. The lowest BCUT2D eigenvalue weighted by molar-refractivity contribution is 0.493. The Labute approximate surface area is 177 Å². The van der Waals surface area contributed by atoms with Gasteiger partial charge in [0.25, 0.3) is 0 Å². The Kier molecular flexibility index (Phi) is 4.87. The van der Waals surface area contributed by atoms with Crippen LogP contribution in [0.25, 0.3) is 33.3 Å². The third-order valence-corrected chi connectivity index (χ3v) is 11.1. The van der Waals surface area contributed by atoms with Crippen molar-refractivity contribution in [2.45, 2.75) is 38.9 Å². The smallest absolute Gasteiger partial charge is 0.250 e. The maximum absolute atomic E-state index is 6.45. The zero-order valence-electron chi connectivity index (χ0n) is 17.9. The van der Waals surface area contributed by atoms with E-state index in [1.807, 2.05) is 24.0 Å². The fourth-order valence-corrected chi connectivity index (χ4v) is 4.88. The van der Waals surface area contributed by atoms with Crippen molar-refractivity contribution in [2.24, 2.45) is 7.05 Å². The van der Waals surface area contributed by atoms with Crippen molar-refractivity contribution in [1.82, 2.24) is 14.8 Å². The predicted molar refractivity (Wildman–Crippen MR) is 127 cm³/mol. The topological polar surface area (TPSA) is 39.9 Å². The normalized spacial score (nSPS) is 13.0. The van der Waals surface area contributed by atoms with Crippen molar-refractivity contribution in [1.29, 1.82) is 0 Å². The third-order valence-electron chi connectivity index (χ3n) is 5.74. The molecule has 0 bridgehead atoms. The molecule has 0 N–H and O–H groups in total. The van der Waals surface area contributed by atoms with Crippen molar-refractivity contribution >= 4 is 52.9 Å². The molecule has 0 aliphatic carbocycles. The Hall–Kier alpha value is -2.44. The number of benzene rings is 2. The number of nitrogens with zero attached hydrogens (tertiary/aromatic N) is 3. The lowest BCUT2D eigenvalue weighted by Gasteiger charge is -2.36. The fourth-order valence-electron chi connectivity index (χ4n) is 2.96. The molecule has 0 saturated carbocycles. The van der Waals surface area contributed by atoms with E-state index in [0.717, 1.165) is 37.4 Å². The molecule has 2 aromatic heterocycles. The molecule has 2 heterocycles. The molecule has 4 nitrogen and oxygen atoms in total. The van der Waals surface area contributed by atoms with Gasteiger partial charge >= 0.3 is 0 Å². The number of aromatic nitrogens is 3. The molecular formula is C23H27N3OSSi. The van der Waals surface area contributed by atoms with Crippen LogP contribution < -0.4 is 4.43 Å². The van der Waals surface area contributed by atoms with Gasteiger partial charge in [0, 0.05) is 12.4 Å². The van der Waals surface area contributed by atoms with Crippen LogP contribution in [0.4, 0.5) is 0 Å². The predicted octanol–water partition coefficient (Wildman–Crippen LogP) is 6.74. The summed E-state index contributed by atoms with van der Waals surface area (Å²) >= 11 is 1.69. The highest BCUT2D eigenvalue weighted by atomic mass is 32.1. The molecule has 0 saturated heterocycles. The zero-order valence-corrected chi connectivity index (χ0v) is 19.7. The average molecular weight is 422 g/mol. The monoisotopic (exact) mass is 421 g/mol. The van der Waals surface area contributed by atoms with Crippen molar-refractivity contribution in [3.05, 3.63) is 53.2 Å². The molecule has 0 amide bonds. The SMILES string of the molecule is Cn1ncc2cc(/C=C/c3nc4ccc(O[Si](C)(C)C(C)(C)C)cc4s3)ccc21. The molecule has 0 fully saturated rings. The van der Waals surface area contributed by atoms with E-state index < -0.39 is 8.32 Å². The lowest BCUT2D eigenvalue weighted by Crippen LogP contribution is -2.43. The van der Waals surface area contributed by atoms with E-state index >= 15 is 0 Å². The van der Waals surface area contributed by atoms with E-state index in [1.165, 1.54) is 0 Å². The van der Waals surface area contributed by atoms with Gasteiger partial charge in [0.15, 0.2) is 0 Å². The molecule has 150 valence electrons. The molecule has 4 aromatic rings. The first-order chi connectivity index (χ1) is 13.6. The number of thiazole rings is 1. The Morgan fingerprint density at radius 1 is 1.07 bits per heavy atom. The molecule has 0 spiro atoms. The number of rotatable bonds is 4. The minimum absolute atomic E-state index is 0.179. The van der Waals surface area contributed by atoms with Gasteiger partial charge < -0.3 is 4.43 Å². The highest BCUT2D eigenvalue weighted by Crippen LogP contribution is 2.38. The minimum atomic E-state index is -1.84.